The van der Waals surface area contributed by atoms with Crippen molar-refractivity contribution >= 4 is 5.78 Å². The Morgan fingerprint density at radius 1 is 1.43 bits per heavy atom. The minimum atomic E-state index is 0.456. The summed E-state index contributed by atoms with van der Waals surface area (Å²) in [6, 6.07) is 1.31. The lowest BCUT2D eigenvalue weighted by Gasteiger charge is -2.35. The number of ketones is 1. The summed E-state index contributed by atoms with van der Waals surface area (Å²) in [4.78, 5) is 13.6. The molecule has 1 fully saturated rings. The number of hydrogen-bond donors (Lipinski definition) is 0. The second kappa shape index (κ2) is 5.50. The highest BCUT2D eigenvalue weighted by Gasteiger charge is 2.24. The summed E-state index contributed by atoms with van der Waals surface area (Å²) in [6.07, 6.45) is 6.26. The van der Waals surface area contributed by atoms with Gasteiger partial charge in [0.1, 0.15) is 5.78 Å². The zero-order chi connectivity index (χ0) is 10.6. The second-order valence-electron chi connectivity index (χ2n) is 4.57. The van der Waals surface area contributed by atoms with Crippen LogP contribution in [0.4, 0.5) is 0 Å². The molecule has 14 heavy (non-hydrogen) atoms. The Bertz CT molecular complexity index is 181. The molecule has 2 heteroatoms. The van der Waals surface area contributed by atoms with Crippen LogP contribution in [0.2, 0.25) is 0 Å². The summed E-state index contributed by atoms with van der Waals surface area (Å²) >= 11 is 0. The van der Waals surface area contributed by atoms with Gasteiger partial charge in [-0.3, -0.25) is 4.79 Å². The molecule has 0 heterocycles. The number of rotatable bonds is 4. The van der Waals surface area contributed by atoms with Crippen molar-refractivity contribution in [2.45, 2.75) is 64.5 Å². The zero-order valence-electron chi connectivity index (χ0n) is 9.75. The van der Waals surface area contributed by atoms with E-state index in [-0.39, 0.29) is 0 Å². The molecule has 1 aliphatic carbocycles. The molecule has 0 aromatic carbocycles. The van der Waals surface area contributed by atoms with Gasteiger partial charge in [0.2, 0.25) is 0 Å². The van der Waals surface area contributed by atoms with Crippen molar-refractivity contribution in [3.63, 3.8) is 0 Å². The third kappa shape index (κ3) is 3.09. The predicted molar refractivity (Wildman–Crippen MR) is 59.4 cm³/mol. The van der Waals surface area contributed by atoms with E-state index in [4.69, 9.17) is 0 Å². The first-order valence-corrected chi connectivity index (χ1v) is 5.88. The first kappa shape index (κ1) is 11.7. The van der Waals surface area contributed by atoms with Gasteiger partial charge in [-0.1, -0.05) is 13.3 Å². The summed E-state index contributed by atoms with van der Waals surface area (Å²) in [7, 11) is 2.21. The fourth-order valence-corrected chi connectivity index (χ4v) is 2.31. The topological polar surface area (TPSA) is 20.3 Å². The minimum absolute atomic E-state index is 0.456. The number of nitrogens with zero attached hydrogens (tertiary/aromatic N) is 1. The lowest BCUT2D eigenvalue weighted by Crippen LogP contribution is -2.40. The van der Waals surface area contributed by atoms with Gasteiger partial charge in [0.05, 0.1) is 0 Å². The number of carbonyl (C=O) groups excluding carboxylic acids is 1. The van der Waals surface area contributed by atoms with Crippen LogP contribution in [0.25, 0.3) is 0 Å². The van der Waals surface area contributed by atoms with Crippen molar-refractivity contribution in [3.05, 3.63) is 0 Å². The van der Waals surface area contributed by atoms with E-state index in [2.05, 4.69) is 25.8 Å². The highest BCUT2D eigenvalue weighted by atomic mass is 16.1. The SMILES string of the molecule is CCCC(C)N(C)C1CCC(=O)CC1. The van der Waals surface area contributed by atoms with E-state index >= 15 is 0 Å². The first-order chi connectivity index (χ1) is 6.65. The van der Waals surface area contributed by atoms with Crippen molar-refractivity contribution in [1.82, 2.24) is 4.90 Å². The van der Waals surface area contributed by atoms with Crippen LogP contribution in [-0.4, -0.2) is 29.8 Å². The van der Waals surface area contributed by atoms with Crippen molar-refractivity contribution in [2.24, 2.45) is 0 Å². The Balaban J connectivity index is 2.36. The summed E-state index contributed by atoms with van der Waals surface area (Å²) in [5, 5.41) is 0. The van der Waals surface area contributed by atoms with Gasteiger partial charge < -0.3 is 4.90 Å². The Hall–Kier alpha value is -0.370. The smallest absolute Gasteiger partial charge is 0.133 e. The van der Waals surface area contributed by atoms with E-state index in [0.717, 1.165) is 25.7 Å². The van der Waals surface area contributed by atoms with Crippen LogP contribution in [0, 0.1) is 0 Å². The molecule has 1 aliphatic rings. The zero-order valence-corrected chi connectivity index (χ0v) is 9.75. The van der Waals surface area contributed by atoms with Crippen LogP contribution < -0.4 is 0 Å². The Morgan fingerprint density at radius 2 is 2.00 bits per heavy atom. The van der Waals surface area contributed by atoms with Gasteiger partial charge in [0, 0.05) is 24.9 Å². The number of hydrogen-bond acceptors (Lipinski definition) is 2. The average Bonchev–Trinajstić information content (AvgIpc) is 2.18. The fourth-order valence-electron chi connectivity index (χ4n) is 2.31. The van der Waals surface area contributed by atoms with E-state index in [1.807, 2.05) is 0 Å². The maximum absolute atomic E-state index is 11.1. The second-order valence-corrected chi connectivity index (χ2v) is 4.57. The molecule has 1 saturated carbocycles. The molecule has 0 radical (unpaired) electrons. The first-order valence-electron chi connectivity index (χ1n) is 5.88. The summed E-state index contributed by atoms with van der Waals surface area (Å²) in [6.45, 7) is 4.52. The molecule has 0 saturated heterocycles. The summed E-state index contributed by atoms with van der Waals surface area (Å²) < 4.78 is 0. The molecule has 0 bridgehead atoms. The molecule has 0 aromatic rings. The highest BCUT2D eigenvalue weighted by molar-refractivity contribution is 5.79. The summed E-state index contributed by atoms with van der Waals surface area (Å²) in [5.41, 5.74) is 0. The van der Waals surface area contributed by atoms with E-state index in [0.29, 0.717) is 17.9 Å². The molecular formula is C12H23NO. The van der Waals surface area contributed by atoms with Gasteiger partial charge >= 0.3 is 0 Å². The molecule has 0 aromatic heterocycles. The minimum Gasteiger partial charge on any atom is -0.301 e. The maximum atomic E-state index is 11.1. The van der Waals surface area contributed by atoms with Crippen LogP contribution in [0.3, 0.4) is 0 Å². The Kier molecular flexibility index (Phi) is 4.59. The standard InChI is InChI=1S/C12H23NO/c1-4-5-10(2)13(3)11-6-8-12(14)9-7-11/h10-11H,4-9H2,1-3H3. The predicted octanol–water partition coefficient (Wildman–Crippen LogP) is 2.62. The Morgan fingerprint density at radius 3 is 2.50 bits per heavy atom. The largest absolute Gasteiger partial charge is 0.301 e. The molecule has 0 spiro atoms. The van der Waals surface area contributed by atoms with Crippen molar-refractivity contribution < 1.29 is 4.79 Å². The molecule has 1 rings (SSSR count). The van der Waals surface area contributed by atoms with Crippen LogP contribution in [-0.2, 0) is 4.79 Å². The van der Waals surface area contributed by atoms with E-state index < -0.39 is 0 Å². The van der Waals surface area contributed by atoms with Gasteiger partial charge in [-0.25, -0.2) is 0 Å². The lowest BCUT2D eigenvalue weighted by atomic mass is 9.92. The molecule has 82 valence electrons. The maximum Gasteiger partial charge on any atom is 0.133 e. The van der Waals surface area contributed by atoms with Gasteiger partial charge in [0.15, 0.2) is 0 Å². The lowest BCUT2D eigenvalue weighted by molar-refractivity contribution is -0.121. The number of Topliss-reactive ketones (excluding diaryl/α,β-unsaturated/α-hetero) is 1. The highest BCUT2D eigenvalue weighted by Crippen LogP contribution is 2.22. The molecular weight excluding hydrogens is 174 g/mol. The number of carbonyl (C=O) groups is 1. The van der Waals surface area contributed by atoms with Crippen LogP contribution >= 0.6 is 0 Å². The monoisotopic (exact) mass is 197 g/mol. The van der Waals surface area contributed by atoms with E-state index in [1.54, 1.807) is 0 Å². The molecule has 1 unspecified atom stereocenters. The third-order valence-corrected chi connectivity index (χ3v) is 3.49. The van der Waals surface area contributed by atoms with E-state index in [9.17, 15) is 4.79 Å². The van der Waals surface area contributed by atoms with Crippen LogP contribution in [0.5, 0.6) is 0 Å². The average molecular weight is 197 g/mol. The van der Waals surface area contributed by atoms with Crippen LogP contribution in [0.1, 0.15) is 52.4 Å². The quantitative estimate of drug-likeness (QED) is 0.690. The van der Waals surface area contributed by atoms with Gasteiger partial charge in [0.25, 0.3) is 0 Å². The van der Waals surface area contributed by atoms with E-state index in [1.165, 1.54) is 12.8 Å². The molecule has 0 N–H and O–H groups in total. The van der Waals surface area contributed by atoms with Gasteiger partial charge in [-0.2, -0.15) is 0 Å². The van der Waals surface area contributed by atoms with Gasteiger partial charge in [-0.05, 0) is 33.2 Å². The third-order valence-electron chi connectivity index (χ3n) is 3.49. The van der Waals surface area contributed by atoms with Crippen molar-refractivity contribution in [3.8, 4) is 0 Å². The fraction of sp³-hybridized carbons (Fsp3) is 0.917. The van der Waals surface area contributed by atoms with Crippen molar-refractivity contribution in [2.75, 3.05) is 7.05 Å². The van der Waals surface area contributed by atoms with Gasteiger partial charge in [-0.15, -0.1) is 0 Å². The van der Waals surface area contributed by atoms with Crippen LogP contribution in [0.15, 0.2) is 0 Å². The molecule has 0 aliphatic heterocycles. The molecule has 1 atom stereocenters. The molecule has 0 amide bonds. The van der Waals surface area contributed by atoms with Crippen molar-refractivity contribution in [1.29, 1.82) is 0 Å². The molecule has 2 nitrogen and oxygen atoms in total. The summed E-state index contributed by atoms with van der Waals surface area (Å²) in [5.74, 6) is 0.456. The Labute approximate surface area is 87.7 Å². The normalized spacial score (nSPS) is 21.6.